The van der Waals surface area contributed by atoms with E-state index in [-0.39, 0.29) is 5.82 Å². The van der Waals surface area contributed by atoms with Gasteiger partial charge < -0.3 is 10.2 Å². The Morgan fingerprint density at radius 3 is 2.75 bits per heavy atom. The molecule has 0 amide bonds. The van der Waals surface area contributed by atoms with Gasteiger partial charge in [0.25, 0.3) is 0 Å². The van der Waals surface area contributed by atoms with E-state index >= 15 is 0 Å². The summed E-state index contributed by atoms with van der Waals surface area (Å²) in [6.45, 7) is 1.67. The fraction of sp³-hybridized carbons (Fsp3) is 0.474. The molecule has 4 rings (SSSR count). The molecule has 3 heterocycles. The Kier molecular flexibility index (Phi) is 4.43. The molecule has 1 aliphatic heterocycles. The van der Waals surface area contributed by atoms with E-state index in [2.05, 4.69) is 26.3 Å². The molecule has 4 nitrogen and oxygen atoms in total. The van der Waals surface area contributed by atoms with Crippen LogP contribution in [0, 0.1) is 11.7 Å². The molecular formula is C19H23FN4. The van der Waals surface area contributed by atoms with Crippen LogP contribution in [0.15, 0.2) is 42.7 Å². The summed E-state index contributed by atoms with van der Waals surface area (Å²) in [5, 5.41) is 3.81. The fourth-order valence-electron chi connectivity index (χ4n) is 3.61. The molecule has 2 atom stereocenters. The van der Waals surface area contributed by atoms with Crippen LogP contribution in [0.5, 0.6) is 0 Å². The van der Waals surface area contributed by atoms with Gasteiger partial charge >= 0.3 is 0 Å². The van der Waals surface area contributed by atoms with E-state index in [9.17, 15) is 4.39 Å². The molecule has 2 aromatic rings. The minimum atomic E-state index is -0.231. The maximum absolute atomic E-state index is 13.9. The number of rotatable bonds is 6. The normalized spacial score (nSPS) is 21.9. The lowest BCUT2D eigenvalue weighted by atomic mass is 10.0. The molecule has 2 aliphatic rings. The van der Waals surface area contributed by atoms with Gasteiger partial charge in [-0.05, 0) is 49.4 Å². The third-order valence-electron chi connectivity index (χ3n) is 5.02. The van der Waals surface area contributed by atoms with Crippen LogP contribution in [0.4, 0.5) is 10.2 Å². The molecule has 126 valence electrons. The van der Waals surface area contributed by atoms with Crippen LogP contribution in [0.25, 0.3) is 0 Å². The first kappa shape index (κ1) is 15.5. The van der Waals surface area contributed by atoms with Crippen molar-refractivity contribution in [2.45, 2.75) is 37.8 Å². The number of nitrogens with zero attached hydrogens (tertiary/aromatic N) is 3. The fourth-order valence-corrected chi connectivity index (χ4v) is 3.61. The van der Waals surface area contributed by atoms with E-state index < -0.39 is 0 Å². The zero-order valence-electron chi connectivity index (χ0n) is 13.7. The summed E-state index contributed by atoms with van der Waals surface area (Å²) < 4.78 is 13.9. The van der Waals surface area contributed by atoms with E-state index in [1.165, 1.54) is 18.9 Å². The van der Waals surface area contributed by atoms with Crippen molar-refractivity contribution in [3.05, 3.63) is 54.2 Å². The maximum atomic E-state index is 13.9. The molecule has 0 radical (unpaired) electrons. The Hall–Kier alpha value is -2.01. The molecule has 5 heteroatoms. The SMILES string of the molecule is Fc1cccnc1N1CCC(NC(Cc2ccccn2)C2CC2)C1. The average molecular weight is 326 g/mol. The predicted octanol–water partition coefficient (Wildman–Crippen LogP) is 2.81. The van der Waals surface area contributed by atoms with Crippen LogP contribution in [0.2, 0.25) is 0 Å². The van der Waals surface area contributed by atoms with Crippen LogP contribution >= 0.6 is 0 Å². The van der Waals surface area contributed by atoms with Gasteiger partial charge in [-0.15, -0.1) is 0 Å². The first-order chi connectivity index (χ1) is 11.8. The van der Waals surface area contributed by atoms with Gasteiger partial charge in [-0.3, -0.25) is 4.98 Å². The molecule has 0 spiro atoms. The van der Waals surface area contributed by atoms with Crippen molar-refractivity contribution < 1.29 is 4.39 Å². The van der Waals surface area contributed by atoms with Crippen molar-refractivity contribution in [3.8, 4) is 0 Å². The number of aromatic nitrogens is 2. The first-order valence-corrected chi connectivity index (χ1v) is 8.81. The van der Waals surface area contributed by atoms with Gasteiger partial charge in [-0.25, -0.2) is 9.37 Å². The Morgan fingerprint density at radius 2 is 2.00 bits per heavy atom. The van der Waals surface area contributed by atoms with Gasteiger partial charge in [-0.2, -0.15) is 0 Å². The summed E-state index contributed by atoms with van der Waals surface area (Å²) in [5.41, 5.74) is 1.15. The summed E-state index contributed by atoms with van der Waals surface area (Å²) in [7, 11) is 0. The third-order valence-corrected chi connectivity index (χ3v) is 5.02. The summed E-state index contributed by atoms with van der Waals surface area (Å²) >= 11 is 0. The van der Waals surface area contributed by atoms with E-state index in [4.69, 9.17) is 0 Å². The van der Waals surface area contributed by atoms with Gasteiger partial charge in [-0.1, -0.05) is 6.07 Å². The second-order valence-electron chi connectivity index (χ2n) is 6.88. The van der Waals surface area contributed by atoms with Crippen LogP contribution < -0.4 is 10.2 Å². The molecule has 2 unspecified atom stereocenters. The lowest BCUT2D eigenvalue weighted by molar-refractivity contribution is 0.403. The number of nitrogens with one attached hydrogen (secondary N) is 1. The van der Waals surface area contributed by atoms with Crippen LogP contribution in [-0.4, -0.2) is 35.1 Å². The van der Waals surface area contributed by atoms with Gasteiger partial charge in [0.15, 0.2) is 11.6 Å². The summed E-state index contributed by atoms with van der Waals surface area (Å²) in [5.74, 6) is 1.01. The summed E-state index contributed by atoms with van der Waals surface area (Å²) in [4.78, 5) is 10.7. The molecule has 1 saturated heterocycles. The van der Waals surface area contributed by atoms with Gasteiger partial charge in [0.1, 0.15) is 0 Å². The number of halogens is 1. The van der Waals surface area contributed by atoms with E-state index in [0.717, 1.165) is 37.5 Å². The zero-order chi connectivity index (χ0) is 16.4. The summed E-state index contributed by atoms with van der Waals surface area (Å²) in [6, 6.07) is 10.1. The van der Waals surface area contributed by atoms with E-state index in [1.807, 2.05) is 18.3 Å². The zero-order valence-corrected chi connectivity index (χ0v) is 13.7. The van der Waals surface area contributed by atoms with Crippen molar-refractivity contribution in [1.29, 1.82) is 0 Å². The van der Waals surface area contributed by atoms with Crippen molar-refractivity contribution >= 4 is 5.82 Å². The number of anilines is 1. The Bertz CT molecular complexity index is 674. The molecule has 0 aromatic carbocycles. The largest absolute Gasteiger partial charge is 0.353 e. The van der Waals surface area contributed by atoms with E-state index in [0.29, 0.717) is 17.9 Å². The highest BCUT2D eigenvalue weighted by Gasteiger charge is 2.35. The Morgan fingerprint density at radius 1 is 1.12 bits per heavy atom. The smallest absolute Gasteiger partial charge is 0.165 e. The number of hydrogen-bond acceptors (Lipinski definition) is 4. The summed E-state index contributed by atoms with van der Waals surface area (Å²) in [6.07, 6.45) is 8.13. The van der Waals surface area contributed by atoms with Crippen molar-refractivity contribution in [1.82, 2.24) is 15.3 Å². The quantitative estimate of drug-likeness (QED) is 0.886. The van der Waals surface area contributed by atoms with Gasteiger partial charge in [0.05, 0.1) is 0 Å². The molecule has 24 heavy (non-hydrogen) atoms. The Labute approximate surface area is 142 Å². The van der Waals surface area contributed by atoms with Crippen LogP contribution in [0.1, 0.15) is 25.0 Å². The Balaban J connectivity index is 1.38. The molecule has 1 saturated carbocycles. The molecule has 0 bridgehead atoms. The average Bonchev–Trinajstić information content (AvgIpc) is 3.36. The second-order valence-corrected chi connectivity index (χ2v) is 6.88. The molecule has 2 fully saturated rings. The highest BCUT2D eigenvalue weighted by Crippen LogP contribution is 2.34. The topological polar surface area (TPSA) is 41.1 Å². The van der Waals surface area contributed by atoms with Gasteiger partial charge in [0, 0.05) is 49.7 Å². The maximum Gasteiger partial charge on any atom is 0.165 e. The second kappa shape index (κ2) is 6.85. The van der Waals surface area contributed by atoms with Crippen molar-refractivity contribution in [3.63, 3.8) is 0 Å². The molecule has 2 aromatic heterocycles. The molecular weight excluding hydrogens is 303 g/mol. The standard InChI is InChI=1S/C19H23FN4/c20-17-5-3-10-22-19(17)24-11-8-16(13-24)23-18(14-6-7-14)12-15-4-1-2-9-21-15/h1-5,9-10,14,16,18,23H,6-8,11-13H2. The minimum Gasteiger partial charge on any atom is -0.353 e. The lowest BCUT2D eigenvalue weighted by Crippen LogP contribution is -2.42. The minimum absolute atomic E-state index is 0.231. The van der Waals surface area contributed by atoms with Crippen molar-refractivity contribution in [2.75, 3.05) is 18.0 Å². The van der Waals surface area contributed by atoms with Crippen LogP contribution in [-0.2, 0) is 6.42 Å². The first-order valence-electron chi connectivity index (χ1n) is 8.81. The lowest BCUT2D eigenvalue weighted by Gasteiger charge is -2.23. The third kappa shape index (κ3) is 3.56. The van der Waals surface area contributed by atoms with E-state index in [1.54, 1.807) is 12.3 Å². The number of hydrogen-bond donors (Lipinski definition) is 1. The van der Waals surface area contributed by atoms with Crippen molar-refractivity contribution in [2.24, 2.45) is 5.92 Å². The van der Waals surface area contributed by atoms with Gasteiger partial charge in [0.2, 0.25) is 0 Å². The highest BCUT2D eigenvalue weighted by atomic mass is 19.1. The monoisotopic (exact) mass is 326 g/mol. The number of pyridine rings is 2. The highest BCUT2D eigenvalue weighted by molar-refractivity contribution is 5.41. The molecule has 1 aliphatic carbocycles. The molecule has 1 N–H and O–H groups in total. The van der Waals surface area contributed by atoms with Crippen LogP contribution in [0.3, 0.4) is 0 Å². The predicted molar refractivity (Wildman–Crippen MR) is 92.4 cm³/mol.